The maximum absolute atomic E-state index is 11.5. The number of esters is 3. The molecule has 0 aromatic heterocycles. The Morgan fingerprint density at radius 3 is 2.20 bits per heavy atom. The predicted octanol–water partition coefficient (Wildman–Crippen LogP) is 0.970. The zero-order valence-corrected chi connectivity index (χ0v) is 13.0. The van der Waals surface area contributed by atoms with E-state index in [1.165, 1.54) is 6.92 Å². The smallest absolute Gasteiger partial charge is 0.333 e. The van der Waals surface area contributed by atoms with Gasteiger partial charge in [0.25, 0.3) is 0 Å². The molecule has 114 valence electrons. The van der Waals surface area contributed by atoms with E-state index in [0.29, 0.717) is 0 Å². The highest BCUT2D eigenvalue weighted by Crippen LogP contribution is 2.15. The summed E-state index contributed by atoms with van der Waals surface area (Å²) < 4.78 is 20.8. The lowest BCUT2D eigenvalue weighted by Gasteiger charge is -2.15. The molecule has 0 amide bonds. The van der Waals surface area contributed by atoms with Crippen molar-refractivity contribution in [3.05, 3.63) is 12.2 Å². The van der Waals surface area contributed by atoms with E-state index in [9.17, 15) is 18.6 Å². The number of hydrogen-bond donors (Lipinski definition) is 0. The lowest BCUT2D eigenvalue weighted by atomic mass is 9.97. The SMILES string of the molecule is C=C(C)C(=O)OCCS(=O)CC(=O)OC(=O)C(C)(C)C. The van der Waals surface area contributed by atoms with Crippen molar-refractivity contribution in [3.8, 4) is 0 Å². The van der Waals surface area contributed by atoms with Gasteiger partial charge in [0, 0.05) is 16.4 Å². The maximum atomic E-state index is 11.5. The molecule has 0 spiro atoms. The molecule has 0 fully saturated rings. The van der Waals surface area contributed by atoms with Gasteiger partial charge in [-0.15, -0.1) is 0 Å². The average molecular weight is 304 g/mol. The number of hydrogen-bond acceptors (Lipinski definition) is 6. The summed E-state index contributed by atoms with van der Waals surface area (Å²) >= 11 is 0. The molecule has 1 atom stereocenters. The first-order valence-corrected chi connectivity index (χ1v) is 7.45. The quantitative estimate of drug-likeness (QED) is 0.413. The first kappa shape index (κ1) is 18.5. The van der Waals surface area contributed by atoms with Crippen molar-refractivity contribution < 1.29 is 28.1 Å². The molecule has 0 saturated carbocycles. The third-order valence-electron chi connectivity index (χ3n) is 1.99. The second kappa shape index (κ2) is 7.94. The first-order valence-electron chi connectivity index (χ1n) is 5.96. The summed E-state index contributed by atoms with van der Waals surface area (Å²) in [5.41, 5.74) is -0.556. The molecule has 0 saturated heterocycles. The molecule has 0 aliphatic rings. The second-order valence-corrected chi connectivity index (χ2v) is 6.79. The molecule has 0 aromatic carbocycles. The maximum Gasteiger partial charge on any atom is 0.333 e. The minimum Gasteiger partial charge on any atom is -0.461 e. The Kier molecular flexibility index (Phi) is 7.34. The Morgan fingerprint density at radius 1 is 1.20 bits per heavy atom. The fraction of sp³-hybridized carbons (Fsp3) is 0.615. The highest BCUT2D eigenvalue weighted by molar-refractivity contribution is 7.85. The van der Waals surface area contributed by atoms with Gasteiger partial charge in [-0.2, -0.15) is 0 Å². The fourth-order valence-electron chi connectivity index (χ4n) is 0.840. The molecular formula is C13H20O6S. The van der Waals surface area contributed by atoms with E-state index in [1.807, 2.05) is 0 Å². The average Bonchev–Trinajstić information content (AvgIpc) is 2.26. The van der Waals surface area contributed by atoms with Crippen molar-refractivity contribution in [1.82, 2.24) is 0 Å². The third-order valence-corrected chi connectivity index (χ3v) is 3.17. The van der Waals surface area contributed by atoms with Crippen LogP contribution in [0, 0.1) is 5.41 Å². The molecule has 7 heteroatoms. The standard InChI is InChI=1S/C13H20O6S/c1-9(2)11(15)18-6-7-20(17)8-10(14)19-12(16)13(3,4)5/h1,6-8H2,2-5H3. The van der Waals surface area contributed by atoms with Crippen LogP contribution in [0.3, 0.4) is 0 Å². The van der Waals surface area contributed by atoms with Gasteiger partial charge in [-0.3, -0.25) is 13.8 Å². The normalized spacial score (nSPS) is 12.4. The number of carbonyl (C=O) groups excluding carboxylic acids is 3. The van der Waals surface area contributed by atoms with E-state index in [-0.39, 0.29) is 17.9 Å². The van der Waals surface area contributed by atoms with E-state index in [1.54, 1.807) is 20.8 Å². The van der Waals surface area contributed by atoms with E-state index in [4.69, 9.17) is 4.74 Å². The Hall–Kier alpha value is -1.50. The van der Waals surface area contributed by atoms with Crippen molar-refractivity contribution in [2.24, 2.45) is 5.41 Å². The molecule has 0 aliphatic heterocycles. The molecule has 0 rings (SSSR count). The molecular weight excluding hydrogens is 284 g/mol. The topological polar surface area (TPSA) is 86.7 Å². The summed E-state index contributed by atoms with van der Waals surface area (Å²) in [5.74, 6) is -2.51. The van der Waals surface area contributed by atoms with Crippen molar-refractivity contribution in [1.29, 1.82) is 0 Å². The highest BCUT2D eigenvalue weighted by atomic mass is 32.2. The van der Waals surface area contributed by atoms with E-state index < -0.39 is 39.9 Å². The highest BCUT2D eigenvalue weighted by Gasteiger charge is 2.26. The molecule has 0 aliphatic carbocycles. The molecule has 20 heavy (non-hydrogen) atoms. The van der Waals surface area contributed by atoms with Crippen LogP contribution in [0.15, 0.2) is 12.2 Å². The van der Waals surface area contributed by atoms with Gasteiger partial charge >= 0.3 is 17.9 Å². The number of ether oxygens (including phenoxy) is 2. The molecule has 0 aromatic rings. The van der Waals surface area contributed by atoms with Crippen LogP contribution in [0.5, 0.6) is 0 Å². The van der Waals surface area contributed by atoms with Gasteiger partial charge in [0.15, 0.2) is 0 Å². The Morgan fingerprint density at radius 2 is 1.75 bits per heavy atom. The first-order chi connectivity index (χ1) is 9.04. The summed E-state index contributed by atoms with van der Waals surface area (Å²) in [5, 5.41) is 0. The summed E-state index contributed by atoms with van der Waals surface area (Å²) in [6.07, 6.45) is 0. The minimum atomic E-state index is -1.56. The van der Waals surface area contributed by atoms with Crippen LogP contribution in [0.2, 0.25) is 0 Å². The molecule has 0 radical (unpaired) electrons. The van der Waals surface area contributed by atoms with Crippen LogP contribution in [0.4, 0.5) is 0 Å². The minimum absolute atomic E-state index is 0.00215. The summed E-state index contributed by atoms with van der Waals surface area (Å²) in [7, 11) is -1.56. The van der Waals surface area contributed by atoms with Gasteiger partial charge in [0.05, 0.1) is 11.2 Å². The largest absolute Gasteiger partial charge is 0.461 e. The van der Waals surface area contributed by atoms with Crippen LogP contribution < -0.4 is 0 Å². The van der Waals surface area contributed by atoms with Crippen LogP contribution >= 0.6 is 0 Å². The lowest BCUT2D eigenvalue weighted by Crippen LogP contribution is -2.28. The van der Waals surface area contributed by atoms with Crippen molar-refractivity contribution in [2.75, 3.05) is 18.1 Å². The van der Waals surface area contributed by atoms with Crippen molar-refractivity contribution in [3.63, 3.8) is 0 Å². The summed E-state index contributed by atoms with van der Waals surface area (Å²) in [6, 6.07) is 0. The molecule has 0 heterocycles. The van der Waals surface area contributed by atoms with Crippen LogP contribution in [0.25, 0.3) is 0 Å². The zero-order valence-electron chi connectivity index (χ0n) is 12.2. The van der Waals surface area contributed by atoms with E-state index in [0.717, 1.165) is 0 Å². The molecule has 0 bridgehead atoms. The Balaban J connectivity index is 4.04. The molecule has 6 nitrogen and oxygen atoms in total. The van der Waals surface area contributed by atoms with Gasteiger partial charge in [-0.1, -0.05) is 6.58 Å². The van der Waals surface area contributed by atoms with Crippen LogP contribution in [0.1, 0.15) is 27.7 Å². The van der Waals surface area contributed by atoms with Crippen LogP contribution in [-0.4, -0.2) is 40.2 Å². The fourth-order valence-corrected chi connectivity index (χ4v) is 1.58. The summed E-state index contributed by atoms with van der Waals surface area (Å²) in [4.78, 5) is 33.8. The van der Waals surface area contributed by atoms with Gasteiger partial charge in [0.1, 0.15) is 12.4 Å². The van der Waals surface area contributed by atoms with Crippen molar-refractivity contribution >= 4 is 28.7 Å². The zero-order chi connectivity index (χ0) is 15.9. The molecule has 0 N–H and O–H groups in total. The summed E-state index contributed by atoms with van der Waals surface area (Å²) in [6.45, 7) is 9.63. The lowest BCUT2D eigenvalue weighted by molar-refractivity contribution is -0.163. The van der Waals surface area contributed by atoms with E-state index >= 15 is 0 Å². The van der Waals surface area contributed by atoms with E-state index in [2.05, 4.69) is 11.3 Å². The van der Waals surface area contributed by atoms with Crippen LogP contribution in [-0.2, 0) is 34.7 Å². The van der Waals surface area contributed by atoms with Gasteiger partial charge in [0.2, 0.25) is 0 Å². The van der Waals surface area contributed by atoms with Gasteiger partial charge in [-0.05, 0) is 27.7 Å². The third kappa shape index (κ3) is 7.83. The Labute approximate surface area is 121 Å². The second-order valence-electron chi connectivity index (χ2n) is 5.22. The monoisotopic (exact) mass is 304 g/mol. The van der Waals surface area contributed by atoms with Gasteiger partial charge in [-0.25, -0.2) is 4.79 Å². The number of rotatable bonds is 6. The Bertz CT molecular complexity index is 433. The van der Waals surface area contributed by atoms with Crippen molar-refractivity contribution in [2.45, 2.75) is 27.7 Å². The predicted molar refractivity (Wildman–Crippen MR) is 74.2 cm³/mol. The molecule has 1 unspecified atom stereocenters. The number of carbonyl (C=O) groups is 3. The van der Waals surface area contributed by atoms with Gasteiger partial charge < -0.3 is 9.47 Å².